The third-order valence-corrected chi connectivity index (χ3v) is 9.47. The summed E-state index contributed by atoms with van der Waals surface area (Å²) in [6.07, 6.45) is -6.66. The number of benzene rings is 1. The predicted octanol–water partition coefficient (Wildman–Crippen LogP) is 7.18. The molecule has 2 unspecified atom stereocenters. The van der Waals surface area contributed by atoms with Gasteiger partial charge in [0.2, 0.25) is 11.5 Å². The molecule has 1 N–H and O–H groups in total. The first-order chi connectivity index (χ1) is 24.5. The normalized spacial score (nSPS) is 21.0. The fourth-order valence-electron chi connectivity index (χ4n) is 6.91. The molecular weight excluding hydrogens is 700 g/mol. The topological polar surface area (TPSA) is 127 Å². The highest BCUT2D eigenvalue weighted by Gasteiger charge is 2.66. The van der Waals surface area contributed by atoms with E-state index in [0.717, 1.165) is 0 Å². The van der Waals surface area contributed by atoms with Crippen molar-refractivity contribution < 1.29 is 50.1 Å². The lowest BCUT2D eigenvalue weighted by Crippen LogP contribution is -2.57. The minimum atomic E-state index is -5.06. The van der Waals surface area contributed by atoms with Gasteiger partial charge in [0.15, 0.2) is 5.75 Å². The fraction of sp³-hybridized carbons (Fsp3) is 0.514. The maximum Gasteiger partial charge on any atom is 0.416 e. The zero-order valence-electron chi connectivity index (χ0n) is 29.0. The third kappa shape index (κ3) is 7.97. The van der Waals surface area contributed by atoms with Crippen LogP contribution in [0.25, 0.3) is 0 Å². The maximum absolute atomic E-state index is 13.9. The number of hydrogen-bond acceptors (Lipinski definition) is 9. The Morgan fingerprint density at radius 3 is 2.19 bits per heavy atom. The fourth-order valence-corrected chi connectivity index (χ4v) is 6.91. The second-order valence-corrected chi connectivity index (χ2v) is 13.0. The molecule has 3 heterocycles. The van der Waals surface area contributed by atoms with E-state index in [0.29, 0.717) is 42.8 Å². The van der Waals surface area contributed by atoms with Gasteiger partial charge in [-0.15, -0.1) is 0 Å². The first kappa shape index (κ1) is 38.4. The van der Waals surface area contributed by atoms with Crippen molar-refractivity contribution >= 4 is 23.7 Å². The van der Waals surface area contributed by atoms with Crippen molar-refractivity contribution in [3.05, 3.63) is 75.5 Å². The number of ether oxygens (including phenoxy) is 3. The zero-order chi connectivity index (χ0) is 38.1. The van der Waals surface area contributed by atoms with Crippen molar-refractivity contribution in [3.63, 3.8) is 0 Å². The van der Waals surface area contributed by atoms with Gasteiger partial charge in [0.1, 0.15) is 0 Å². The van der Waals surface area contributed by atoms with E-state index in [-0.39, 0.29) is 62.0 Å². The van der Waals surface area contributed by atoms with Gasteiger partial charge >= 0.3 is 24.4 Å². The molecule has 1 fully saturated rings. The molecule has 11 nitrogen and oxygen atoms in total. The van der Waals surface area contributed by atoms with Crippen LogP contribution in [0.15, 0.2) is 47.5 Å². The Balaban J connectivity index is 1.56. The van der Waals surface area contributed by atoms with Crippen molar-refractivity contribution in [2.45, 2.75) is 95.7 Å². The lowest BCUT2D eigenvalue weighted by Gasteiger charge is -2.48. The van der Waals surface area contributed by atoms with E-state index in [1.165, 1.54) is 34.3 Å². The van der Waals surface area contributed by atoms with Crippen LogP contribution >= 0.6 is 0 Å². The molecule has 5 rings (SSSR count). The van der Waals surface area contributed by atoms with Crippen LogP contribution in [0.5, 0.6) is 5.75 Å². The minimum Gasteiger partial charge on any atom is -0.490 e. The zero-order valence-corrected chi connectivity index (χ0v) is 29.0. The average Bonchev–Trinajstić information content (AvgIpc) is 3.78. The summed E-state index contributed by atoms with van der Waals surface area (Å²) in [7, 11) is 0. The molecule has 17 heteroatoms. The van der Waals surface area contributed by atoms with Crippen molar-refractivity contribution in [2.75, 3.05) is 29.6 Å². The summed E-state index contributed by atoms with van der Waals surface area (Å²) in [5.41, 5.74) is -4.71. The van der Waals surface area contributed by atoms with E-state index >= 15 is 0 Å². The number of alkyl halides is 6. The number of anilines is 2. The third-order valence-electron chi connectivity index (χ3n) is 9.47. The molecule has 0 bridgehead atoms. The van der Waals surface area contributed by atoms with E-state index in [1.807, 2.05) is 13.8 Å². The molecular formula is C35H39F6N5O6. The number of esters is 1. The monoisotopic (exact) mass is 739 g/mol. The molecule has 1 aliphatic carbocycles. The summed E-state index contributed by atoms with van der Waals surface area (Å²) >= 11 is 0. The number of carbonyl (C=O) groups is 2. The Morgan fingerprint density at radius 1 is 0.981 bits per heavy atom. The van der Waals surface area contributed by atoms with Gasteiger partial charge in [-0.1, -0.05) is 6.92 Å². The van der Waals surface area contributed by atoms with Crippen molar-refractivity contribution in [2.24, 2.45) is 0 Å². The van der Waals surface area contributed by atoms with Crippen LogP contribution in [-0.4, -0.2) is 58.4 Å². The molecule has 1 aromatic carbocycles. The van der Waals surface area contributed by atoms with Crippen LogP contribution in [-0.2, 0) is 38.6 Å². The van der Waals surface area contributed by atoms with E-state index < -0.39 is 58.7 Å². The van der Waals surface area contributed by atoms with Gasteiger partial charge in [-0.05, 0) is 76.3 Å². The average molecular weight is 740 g/mol. The number of rotatable bonds is 12. The maximum atomic E-state index is 13.9. The number of hydrogen-bond donors (Lipinski definition) is 1. The minimum absolute atomic E-state index is 0.0161. The summed E-state index contributed by atoms with van der Waals surface area (Å²) in [5, 5.41) is 0. The number of aromatic nitrogens is 3. The number of pyridine rings is 1. The number of halogens is 6. The van der Waals surface area contributed by atoms with E-state index in [4.69, 9.17) is 14.2 Å². The second kappa shape index (κ2) is 14.7. The van der Waals surface area contributed by atoms with Crippen molar-refractivity contribution in [1.29, 1.82) is 0 Å². The molecule has 0 saturated heterocycles. The number of aromatic amines is 1. The molecule has 3 atom stereocenters. The Kier molecular flexibility index (Phi) is 10.8. The van der Waals surface area contributed by atoms with Crippen LogP contribution in [0.4, 0.5) is 42.8 Å². The van der Waals surface area contributed by atoms with E-state index in [1.54, 1.807) is 13.8 Å². The highest BCUT2D eigenvalue weighted by molar-refractivity contribution is 5.91. The number of H-pyrrole nitrogens is 1. The van der Waals surface area contributed by atoms with Crippen LogP contribution in [0.3, 0.4) is 0 Å². The van der Waals surface area contributed by atoms with Gasteiger partial charge < -0.3 is 24.1 Å². The van der Waals surface area contributed by atoms with Crippen LogP contribution in [0.1, 0.15) is 82.2 Å². The van der Waals surface area contributed by atoms with Gasteiger partial charge in [-0.2, -0.15) is 26.3 Å². The molecule has 52 heavy (non-hydrogen) atoms. The van der Waals surface area contributed by atoms with Crippen LogP contribution in [0.2, 0.25) is 0 Å². The van der Waals surface area contributed by atoms with Crippen molar-refractivity contribution in [3.8, 4) is 5.75 Å². The number of amides is 1. The smallest absolute Gasteiger partial charge is 0.416 e. The van der Waals surface area contributed by atoms with E-state index in [9.17, 15) is 40.7 Å². The van der Waals surface area contributed by atoms with Gasteiger partial charge in [0.05, 0.1) is 54.7 Å². The summed E-state index contributed by atoms with van der Waals surface area (Å²) in [6, 6.07) is 3.52. The molecule has 1 aliphatic heterocycles. The molecule has 1 amide bonds. The number of nitrogens with one attached hydrogen (secondary N) is 1. The standard InChI is InChI=1S/C35H39F6N5O6/c1-5-32(4)20-33(29-25(10-11-27(47)44-29)46(32)31(49)51-7-3)16-26(33)45(19-21-13-22(34(36,37)38)15-23(14-21)35(39,40)41)30-42-17-24(18-43-30)52-12-8-9-28(48)50-6-2/h10-11,13-15,17-18,26H,5-9,12,16,19-20H2,1-4H3,(H,44,47)/t26?,32-,33?/m1/s1. The molecule has 282 valence electrons. The summed E-state index contributed by atoms with van der Waals surface area (Å²) in [5.74, 6) is -0.185. The lowest BCUT2D eigenvalue weighted by atomic mass is 9.76. The van der Waals surface area contributed by atoms with Crippen molar-refractivity contribution in [1.82, 2.24) is 15.0 Å². The second-order valence-electron chi connectivity index (χ2n) is 13.0. The lowest BCUT2D eigenvalue weighted by molar-refractivity contribution is -0.144. The predicted molar refractivity (Wildman–Crippen MR) is 176 cm³/mol. The molecule has 1 saturated carbocycles. The summed E-state index contributed by atoms with van der Waals surface area (Å²) in [4.78, 5) is 52.3. The largest absolute Gasteiger partial charge is 0.490 e. The Morgan fingerprint density at radius 2 is 1.62 bits per heavy atom. The first-order valence-corrected chi connectivity index (χ1v) is 16.8. The number of nitrogens with zero attached hydrogens (tertiary/aromatic N) is 4. The molecule has 2 aromatic heterocycles. The first-order valence-electron chi connectivity index (χ1n) is 16.8. The number of fused-ring (bicyclic) bond motifs is 2. The highest BCUT2D eigenvalue weighted by atomic mass is 19.4. The molecule has 1 spiro atoms. The Hall–Kier alpha value is -4.83. The molecule has 3 aromatic rings. The van der Waals surface area contributed by atoms with E-state index in [2.05, 4.69) is 15.0 Å². The van der Waals surface area contributed by atoms with Gasteiger partial charge in [-0.3, -0.25) is 14.5 Å². The van der Waals surface area contributed by atoms with Gasteiger partial charge in [-0.25, -0.2) is 14.8 Å². The van der Waals surface area contributed by atoms with Gasteiger partial charge in [0.25, 0.3) is 0 Å². The summed E-state index contributed by atoms with van der Waals surface area (Å²) < 4.78 is 99.1. The molecule has 2 aliphatic rings. The van der Waals surface area contributed by atoms with Crippen LogP contribution in [0, 0.1) is 0 Å². The SMILES string of the molecule is CCOC(=O)CCCOc1cnc(N(Cc2cc(C(F)(F)F)cc(C(F)(F)F)c2)C2CC23C[C@@](C)(CC)N(C(=O)OCC)c2ccc(=O)[nH]c23)nc1. The molecule has 0 radical (unpaired) electrons. The summed E-state index contributed by atoms with van der Waals surface area (Å²) in [6.45, 7) is 7.08. The Labute approximate surface area is 295 Å². The number of carbonyl (C=O) groups excluding carboxylic acids is 2. The Bertz CT molecular complexity index is 1800. The highest BCUT2D eigenvalue weighted by Crippen LogP contribution is 2.62. The quantitative estimate of drug-likeness (QED) is 0.117. The van der Waals surface area contributed by atoms with Gasteiger partial charge in [0, 0.05) is 36.0 Å². The van der Waals surface area contributed by atoms with Crippen LogP contribution < -0.4 is 20.1 Å².